The zero-order valence-corrected chi connectivity index (χ0v) is 38.4. The lowest BCUT2D eigenvalue weighted by atomic mass is 9.91. The smallest absolute Gasteiger partial charge is 0.317 e. The first-order valence-corrected chi connectivity index (χ1v) is 23.8. The largest absolute Gasteiger partial charge is 0.506 e. The first-order valence-electron chi connectivity index (χ1n) is 23.8. The number of benzene rings is 5. The highest BCUT2D eigenvalue weighted by molar-refractivity contribution is 5.94. The lowest BCUT2D eigenvalue weighted by Gasteiger charge is -2.32. The molecule has 68 heavy (non-hydrogen) atoms. The Morgan fingerprint density at radius 3 is 2.21 bits per heavy atom. The summed E-state index contributed by atoms with van der Waals surface area (Å²) in [5.41, 5.74) is 5.12. The number of aromatic nitrogens is 1. The Kier molecular flexibility index (Phi) is 16.3. The third kappa shape index (κ3) is 12.8. The van der Waals surface area contributed by atoms with Crippen LogP contribution in [-0.4, -0.2) is 102 Å². The van der Waals surface area contributed by atoms with Gasteiger partial charge in [-0.15, -0.1) is 0 Å². The van der Waals surface area contributed by atoms with Gasteiger partial charge in [0.15, 0.2) is 6.61 Å². The molecule has 2 aliphatic heterocycles. The van der Waals surface area contributed by atoms with E-state index >= 15 is 0 Å². The minimum absolute atomic E-state index is 0.0171. The molecule has 0 aliphatic carbocycles. The summed E-state index contributed by atoms with van der Waals surface area (Å²) in [6.45, 7) is 5.66. The minimum Gasteiger partial charge on any atom is -0.506 e. The number of nitrogens with one attached hydrogen (secondary N) is 3. The standard InChI is InChI=1S/C55H61N5O8/c61-48-20-18-46(47-19-21-50(63)58-53(47)48)49(62)34-56-27-22-38-14-16-43(17-15-38)54(65)60-30-25-39(26-31-60)33-57-51(64)37-67-45-13-7-12-44(32-45)52(42-10-5-2-6-11-42)55(66)68-36-41-23-28-59(29-24-41)35-40-8-3-1-4-9-40/h1-21,32,39,41,49,52,56,61-62H,22-31,33-37H2,(H,57,64)(H,58,63)/t49-,52?/m0/s1. The van der Waals surface area contributed by atoms with Crippen molar-refractivity contribution in [3.8, 4) is 11.5 Å². The van der Waals surface area contributed by atoms with Gasteiger partial charge in [0.1, 0.15) is 17.4 Å². The van der Waals surface area contributed by atoms with Gasteiger partial charge < -0.3 is 40.2 Å². The van der Waals surface area contributed by atoms with Gasteiger partial charge >= 0.3 is 5.97 Å². The number of hydrogen-bond acceptors (Lipinski definition) is 10. The van der Waals surface area contributed by atoms with E-state index in [1.54, 1.807) is 18.2 Å². The van der Waals surface area contributed by atoms with Crippen LogP contribution in [0.1, 0.15) is 75.9 Å². The number of rotatable bonds is 19. The normalized spacial score (nSPS) is 15.7. The summed E-state index contributed by atoms with van der Waals surface area (Å²) in [5, 5.41) is 27.8. The predicted octanol–water partition coefficient (Wildman–Crippen LogP) is 6.73. The van der Waals surface area contributed by atoms with Crippen LogP contribution in [0.3, 0.4) is 0 Å². The number of esters is 1. The number of aliphatic hydroxyl groups excluding tert-OH is 1. The van der Waals surface area contributed by atoms with Crippen molar-refractivity contribution in [2.75, 3.05) is 59.0 Å². The molecule has 0 radical (unpaired) electrons. The molecule has 1 unspecified atom stereocenters. The van der Waals surface area contributed by atoms with Crippen molar-refractivity contribution in [1.29, 1.82) is 0 Å². The van der Waals surface area contributed by atoms with Crippen molar-refractivity contribution >= 4 is 28.7 Å². The fourth-order valence-electron chi connectivity index (χ4n) is 9.26. The Balaban J connectivity index is 0.737. The number of aliphatic hydroxyl groups is 1. The van der Waals surface area contributed by atoms with Gasteiger partial charge in [0, 0.05) is 49.7 Å². The fraction of sp³-hybridized carbons (Fsp3) is 0.345. The number of nitrogens with zero attached hydrogens (tertiary/aromatic N) is 2. The van der Waals surface area contributed by atoms with E-state index < -0.39 is 12.0 Å². The van der Waals surface area contributed by atoms with Crippen molar-refractivity contribution in [1.82, 2.24) is 25.4 Å². The summed E-state index contributed by atoms with van der Waals surface area (Å²) in [6, 6.07) is 41.1. The highest BCUT2D eigenvalue weighted by Crippen LogP contribution is 2.31. The van der Waals surface area contributed by atoms with Crippen LogP contribution >= 0.6 is 0 Å². The van der Waals surface area contributed by atoms with E-state index in [4.69, 9.17) is 9.47 Å². The molecule has 0 spiro atoms. The van der Waals surface area contributed by atoms with E-state index in [9.17, 15) is 29.4 Å². The number of amides is 2. The number of phenols is 1. The minimum atomic E-state index is -0.844. The molecule has 13 heteroatoms. The molecular formula is C55H61N5O8. The van der Waals surface area contributed by atoms with Gasteiger partial charge in [-0.3, -0.25) is 24.1 Å². The summed E-state index contributed by atoms with van der Waals surface area (Å²) >= 11 is 0. The Bertz CT molecular complexity index is 2660. The molecule has 3 heterocycles. The molecule has 2 amide bonds. The molecule has 0 saturated carbocycles. The zero-order chi connectivity index (χ0) is 47.2. The number of ether oxygens (including phenoxy) is 2. The summed E-state index contributed by atoms with van der Waals surface area (Å²) in [7, 11) is 0. The Hall–Kier alpha value is -6.80. The van der Waals surface area contributed by atoms with Crippen LogP contribution in [0.2, 0.25) is 0 Å². The third-order valence-electron chi connectivity index (χ3n) is 13.2. The second-order valence-corrected chi connectivity index (χ2v) is 18.0. The number of H-pyrrole nitrogens is 1. The first-order chi connectivity index (χ1) is 33.2. The molecule has 2 atom stereocenters. The van der Waals surface area contributed by atoms with E-state index in [0.717, 1.165) is 62.0 Å². The number of carbonyl (C=O) groups excluding carboxylic acids is 3. The van der Waals surface area contributed by atoms with Crippen LogP contribution in [0.4, 0.5) is 0 Å². The van der Waals surface area contributed by atoms with Gasteiger partial charge in [0.25, 0.3) is 11.8 Å². The molecule has 0 bridgehead atoms. The van der Waals surface area contributed by atoms with Crippen LogP contribution in [-0.2, 0) is 27.3 Å². The molecule has 5 N–H and O–H groups in total. The van der Waals surface area contributed by atoms with E-state index in [-0.39, 0.29) is 48.2 Å². The zero-order valence-electron chi connectivity index (χ0n) is 38.4. The highest BCUT2D eigenvalue weighted by Gasteiger charge is 2.28. The van der Waals surface area contributed by atoms with Gasteiger partial charge in [-0.05, 0) is 128 Å². The highest BCUT2D eigenvalue weighted by atomic mass is 16.5. The van der Waals surface area contributed by atoms with Crippen molar-refractivity contribution < 1.29 is 34.1 Å². The molecule has 2 fully saturated rings. The summed E-state index contributed by atoms with van der Waals surface area (Å²) in [6.07, 6.45) is 3.34. The number of aromatic hydroxyl groups is 1. The SMILES string of the molecule is O=C(COc1cccc(C(C(=O)OCC2CCN(Cc3ccccc3)CC2)c2ccccc2)c1)NCC1CCN(C(=O)c2ccc(CCNC[C@H](O)c3ccc(O)c4[nH]c(=O)ccc34)cc2)CC1. The quantitative estimate of drug-likeness (QED) is 0.0433. The number of aromatic amines is 1. The molecule has 5 aromatic carbocycles. The number of piperidine rings is 2. The average Bonchev–Trinajstić information content (AvgIpc) is 3.37. The van der Waals surface area contributed by atoms with Gasteiger partial charge in [-0.2, -0.15) is 0 Å². The Morgan fingerprint density at radius 2 is 1.46 bits per heavy atom. The van der Waals surface area contributed by atoms with Gasteiger partial charge in [0.05, 0.1) is 18.2 Å². The lowest BCUT2D eigenvalue weighted by Crippen LogP contribution is -2.42. The number of fused-ring (bicyclic) bond motifs is 1. The van der Waals surface area contributed by atoms with E-state index in [0.29, 0.717) is 72.9 Å². The van der Waals surface area contributed by atoms with E-state index in [1.165, 1.54) is 17.7 Å². The third-order valence-corrected chi connectivity index (χ3v) is 13.2. The predicted molar refractivity (Wildman–Crippen MR) is 261 cm³/mol. The second-order valence-electron chi connectivity index (χ2n) is 18.0. The molecule has 2 aliphatic rings. The van der Waals surface area contributed by atoms with Crippen molar-refractivity contribution in [2.24, 2.45) is 11.8 Å². The van der Waals surface area contributed by atoms with Crippen LogP contribution < -0.4 is 20.9 Å². The lowest BCUT2D eigenvalue weighted by molar-refractivity contribution is -0.146. The Morgan fingerprint density at radius 1 is 0.750 bits per heavy atom. The molecule has 13 nitrogen and oxygen atoms in total. The molecule has 1 aromatic heterocycles. The summed E-state index contributed by atoms with van der Waals surface area (Å²) in [5.74, 6) is -0.213. The van der Waals surface area contributed by atoms with Crippen molar-refractivity contribution in [3.05, 3.63) is 177 Å². The molecule has 8 rings (SSSR count). The van der Waals surface area contributed by atoms with Gasteiger partial charge in [0.2, 0.25) is 5.56 Å². The van der Waals surface area contributed by atoms with Crippen molar-refractivity contribution in [3.63, 3.8) is 0 Å². The number of likely N-dealkylation sites (tertiary alicyclic amines) is 2. The monoisotopic (exact) mass is 919 g/mol. The van der Waals surface area contributed by atoms with E-state index in [1.807, 2.05) is 83.8 Å². The maximum atomic E-state index is 13.8. The number of phenolic OH excluding ortho intramolecular Hbond substituents is 1. The van der Waals surface area contributed by atoms with Crippen molar-refractivity contribution in [2.45, 2.75) is 50.7 Å². The van der Waals surface area contributed by atoms with Crippen LogP contribution in [0.15, 0.2) is 138 Å². The summed E-state index contributed by atoms with van der Waals surface area (Å²) < 4.78 is 12.0. The van der Waals surface area contributed by atoms with Gasteiger partial charge in [-0.25, -0.2) is 0 Å². The van der Waals surface area contributed by atoms with Gasteiger partial charge in [-0.1, -0.05) is 91.0 Å². The first kappa shape index (κ1) is 47.7. The molecule has 2 saturated heterocycles. The molecule has 6 aromatic rings. The topological polar surface area (TPSA) is 174 Å². The fourth-order valence-corrected chi connectivity index (χ4v) is 9.26. The maximum Gasteiger partial charge on any atom is 0.317 e. The Labute approximate surface area is 397 Å². The second kappa shape index (κ2) is 23.3. The number of pyridine rings is 1. The van der Waals surface area contributed by atoms with Crippen LogP contribution in [0, 0.1) is 11.8 Å². The molecular weight excluding hydrogens is 859 g/mol. The number of hydrogen-bond donors (Lipinski definition) is 5. The van der Waals surface area contributed by atoms with E-state index in [2.05, 4.69) is 44.8 Å². The molecule has 354 valence electrons. The number of carbonyl (C=O) groups is 3. The maximum absolute atomic E-state index is 13.8. The average molecular weight is 920 g/mol. The van der Waals surface area contributed by atoms with Crippen LogP contribution in [0.25, 0.3) is 10.9 Å². The summed E-state index contributed by atoms with van der Waals surface area (Å²) in [4.78, 5) is 58.8. The van der Waals surface area contributed by atoms with Crippen LogP contribution in [0.5, 0.6) is 11.5 Å².